The minimum atomic E-state index is -1.60. The fourth-order valence-corrected chi connectivity index (χ4v) is 1.01. The highest BCUT2D eigenvalue weighted by molar-refractivity contribution is 5.89. The van der Waals surface area contributed by atoms with Gasteiger partial charge in [0.1, 0.15) is 5.82 Å². The van der Waals surface area contributed by atoms with Crippen LogP contribution in [0.3, 0.4) is 0 Å². The molecular weight excluding hydrogens is 187 g/mol. The lowest BCUT2D eigenvalue weighted by molar-refractivity contribution is -0.134. The third-order valence-electron chi connectivity index (χ3n) is 1.46. The molecule has 1 rings (SSSR count). The Labute approximate surface area is 80.1 Å². The number of aryl methyl sites for hydroxylation is 2. The lowest BCUT2D eigenvalue weighted by Gasteiger charge is -1.97. The van der Waals surface area contributed by atoms with Gasteiger partial charge in [0.25, 0.3) is 0 Å². The molecule has 1 heterocycles. The Morgan fingerprint density at radius 3 is 2.64 bits per heavy atom. The predicted molar refractivity (Wildman–Crippen MR) is 48.2 cm³/mol. The number of carbonyl (C=O) groups is 1. The summed E-state index contributed by atoms with van der Waals surface area (Å²) in [5.74, 6) is -2.35. The first kappa shape index (κ1) is 10.3. The lowest BCUT2D eigenvalue weighted by Crippen LogP contribution is -1.97. The van der Waals surface area contributed by atoms with Crippen molar-refractivity contribution in [1.29, 1.82) is 0 Å². The van der Waals surface area contributed by atoms with Crippen LogP contribution in [0.15, 0.2) is 11.9 Å². The van der Waals surface area contributed by atoms with Crippen molar-refractivity contribution >= 4 is 12.0 Å². The summed E-state index contributed by atoms with van der Waals surface area (Å²) >= 11 is 0. The number of aliphatic carboxylic acids is 1. The van der Waals surface area contributed by atoms with Crippen LogP contribution in [0.2, 0.25) is 0 Å². The first-order valence-electron chi connectivity index (χ1n) is 3.92. The van der Waals surface area contributed by atoms with Crippen LogP contribution in [0.5, 0.6) is 0 Å². The second-order valence-electron chi connectivity index (χ2n) is 2.78. The van der Waals surface area contributed by atoms with Crippen molar-refractivity contribution in [3.8, 4) is 0 Å². The summed E-state index contributed by atoms with van der Waals surface area (Å²) in [6.07, 6.45) is 0.865. The average molecular weight is 196 g/mol. The zero-order chi connectivity index (χ0) is 10.7. The number of carboxylic acid groups (broad SMARTS) is 1. The third kappa shape index (κ3) is 2.62. The molecule has 0 unspecified atom stereocenters. The Morgan fingerprint density at radius 1 is 1.50 bits per heavy atom. The lowest BCUT2D eigenvalue weighted by atomic mass is 10.3. The molecule has 0 fully saturated rings. The quantitative estimate of drug-likeness (QED) is 0.728. The van der Waals surface area contributed by atoms with Gasteiger partial charge in [0.05, 0.1) is 5.69 Å². The average Bonchev–Trinajstić information content (AvgIpc) is 2.01. The van der Waals surface area contributed by atoms with Crippen molar-refractivity contribution in [2.75, 3.05) is 0 Å². The summed E-state index contributed by atoms with van der Waals surface area (Å²) < 4.78 is 12.7. The van der Waals surface area contributed by atoms with Gasteiger partial charge in [-0.25, -0.2) is 14.8 Å². The molecule has 4 nitrogen and oxygen atoms in total. The van der Waals surface area contributed by atoms with Crippen LogP contribution in [0.1, 0.15) is 17.2 Å². The topological polar surface area (TPSA) is 63.1 Å². The van der Waals surface area contributed by atoms with Crippen LogP contribution in [0.25, 0.3) is 6.08 Å². The van der Waals surface area contributed by atoms with E-state index in [2.05, 4.69) is 9.97 Å². The van der Waals surface area contributed by atoms with Gasteiger partial charge in [0, 0.05) is 11.8 Å². The molecule has 0 amide bonds. The predicted octanol–water partition coefficient (Wildman–Crippen LogP) is 1.49. The third-order valence-corrected chi connectivity index (χ3v) is 1.46. The van der Waals surface area contributed by atoms with Gasteiger partial charge in [0.15, 0.2) is 0 Å². The molecule has 0 bridgehead atoms. The van der Waals surface area contributed by atoms with Crippen molar-refractivity contribution in [2.45, 2.75) is 13.8 Å². The van der Waals surface area contributed by atoms with Crippen LogP contribution in [-0.2, 0) is 4.79 Å². The van der Waals surface area contributed by atoms with E-state index in [-0.39, 0.29) is 5.69 Å². The van der Waals surface area contributed by atoms with Gasteiger partial charge in [-0.05, 0) is 19.9 Å². The van der Waals surface area contributed by atoms with Crippen molar-refractivity contribution in [3.63, 3.8) is 0 Å². The molecule has 0 aromatic carbocycles. The first-order chi connectivity index (χ1) is 6.49. The Kier molecular flexibility index (Phi) is 2.91. The summed E-state index contributed by atoms with van der Waals surface area (Å²) in [5, 5.41) is 8.30. The molecule has 0 aliphatic heterocycles. The van der Waals surface area contributed by atoms with Crippen LogP contribution < -0.4 is 0 Å². The van der Waals surface area contributed by atoms with Crippen molar-refractivity contribution in [1.82, 2.24) is 9.97 Å². The highest BCUT2D eigenvalue weighted by Gasteiger charge is 2.06. The van der Waals surface area contributed by atoms with E-state index in [1.54, 1.807) is 13.8 Å². The Balaban J connectivity index is 3.08. The molecule has 0 saturated heterocycles. The number of nitrogens with zero attached hydrogens (tertiary/aromatic N) is 2. The van der Waals surface area contributed by atoms with Crippen molar-refractivity contribution < 1.29 is 14.3 Å². The van der Waals surface area contributed by atoms with E-state index in [9.17, 15) is 9.18 Å². The second kappa shape index (κ2) is 3.95. The standard InChI is InChI=1S/C9H9FN2O2/c1-5-3-7(12-6(2)11-5)4-8(10)9(13)14/h3-4H,1-2H3,(H,13,14)/b8-4-. The summed E-state index contributed by atoms with van der Waals surface area (Å²) in [6.45, 7) is 3.38. The highest BCUT2D eigenvalue weighted by Crippen LogP contribution is 2.07. The number of hydrogen-bond donors (Lipinski definition) is 1. The molecule has 74 valence electrons. The van der Waals surface area contributed by atoms with Crippen LogP contribution in [0.4, 0.5) is 4.39 Å². The number of hydrogen-bond acceptors (Lipinski definition) is 3. The molecule has 14 heavy (non-hydrogen) atoms. The Hall–Kier alpha value is -1.78. The Morgan fingerprint density at radius 2 is 2.14 bits per heavy atom. The smallest absolute Gasteiger partial charge is 0.364 e. The van der Waals surface area contributed by atoms with Crippen molar-refractivity contribution in [3.05, 3.63) is 29.1 Å². The molecule has 5 heteroatoms. The van der Waals surface area contributed by atoms with E-state index >= 15 is 0 Å². The van der Waals surface area contributed by atoms with E-state index in [0.717, 1.165) is 6.08 Å². The summed E-state index contributed by atoms with van der Waals surface area (Å²) in [6, 6.07) is 1.51. The molecule has 1 N–H and O–H groups in total. The SMILES string of the molecule is Cc1cc(/C=C(\F)C(=O)O)nc(C)n1. The van der Waals surface area contributed by atoms with Gasteiger partial charge >= 0.3 is 5.97 Å². The van der Waals surface area contributed by atoms with Gasteiger partial charge < -0.3 is 5.11 Å². The largest absolute Gasteiger partial charge is 0.476 e. The van der Waals surface area contributed by atoms with Gasteiger partial charge in [-0.15, -0.1) is 0 Å². The maximum atomic E-state index is 12.7. The number of rotatable bonds is 2. The molecule has 0 saturated carbocycles. The van der Waals surface area contributed by atoms with E-state index < -0.39 is 11.8 Å². The van der Waals surface area contributed by atoms with Gasteiger partial charge in [-0.2, -0.15) is 4.39 Å². The fourth-order valence-electron chi connectivity index (χ4n) is 1.01. The van der Waals surface area contributed by atoms with E-state index in [1.165, 1.54) is 6.07 Å². The molecule has 0 aliphatic carbocycles. The summed E-state index contributed by atoms with van der Waals surface area (Å²) in [5.41, 5.74) is 0.928. The van der Waals surface area contributed by atoms with Crippen molar-refractivity contribution in [2.24, 2.45) is 0 Å². The van der Waals surface area contributed by atoms with E-state index in [1.807, 2.05) is 0 Å². The maximum absolute atomic E-state index is 12.7. The summed E-state index contributed by atoms with van der Waals surface area (Å²) in [7, 11) is 0. The molecule has 0 aliphatic rings. The minimum absolute atomic E-state index is 0.259. The number of aromatic nitrogens is 2. The molecule has 1 aromatic heterocycles. The van der Waals surface area contributed by atoms with Gasteiger partial charge in [-0.1, -0.05) is 0 Å². The van der Waals surface area contributed by atoms with Crippen LogP contribution >= 0.6 is 0 Å². The second-order valence-corrected chi connectivity index (χ2v) is 2.78. The molecule has 0 atom stereocenters. The van der Waals surface area contributed by atoms with Gasteiger partial charge in [0.2, 0.25) is 5.83 Å². The normalized spacial score (nSPS) is 11.5. The van der Waals surface area contributed by atoms with Crippen LogP contribution in [0, 0.1) is 13.8 Å². The minimum Gasteiger partial charge on any atom is -0.476 e. The molecular formula is C9H9FN2O2. The zero-order valence-electron chi connectivity index (χ0n) is 7.78. The summed E-state index contributed by atoms with van der Waals surface area (Å²) in [4.78, 5) is 18.0. The number of carboxylic acids is 1. The monoisotopic (exact) mass is 196 g/mol. The molecule has 0 spiro atoms. The first-order valence-corrected chi connectivity index (χ1v) is 3.92. The highest BCUT2D eigenvalue weighted by atomic mass is 19.1. The fraction of sp³-hybridized carbons (Fsp3) is 0.222. The molecule has 1 aromatic rings. The zero-order valence-corrected chi connectivity index (χ0v) is 7.78. The Bertz CT molecular complexity index is 382. The number of halogens is 1. The van der Waals surface area contributed by atoms with Crippen LogP contribution in [-0.4, -0.2) is 21.0 Å². The molecule has 0 radical (unpaired) electrons. The maximum Gasteiger partial charge on any atom is 0.364 e. The van der Waals surface area contributed by atoms with E-state index in [0.29, 0.717) is 11.5 Å². The van der Waals surface area contributed by atoms with E-state index in [4.69, 9.17) is 5.11 Å². The van der Waals surface area contributed by atoms with Gasteiger partial charge in [-0.3, -0.25) is 0 Å².